The molecule has 1 fully saturated rings. The Hall–Kier alpha value is -1.36. The molecule has 1 aromatic carbocycles. The van der Waals surface area contributed by atoms with E-state index in [1.54, 1.807) is 0 Å². The van der Waals surface area contributed by atoms with Crippen molar-refractivity contribution in [1.82, 2.24) is 10.1 Å². The molecule has 2 N–H and O–H groups in total. The van der Waals surface area contributed by atoms with Crippen molar-refractivity contribution in [3.8, 4) is 11.5 Å². The Morgan fingerprint density at radius 1 is 1.38 bits per heavy atom. The molecule has 1 heterocycles. The van der Waals surface area contributed by atoms with Gasteiger partial charge in [0.2, 0.25) is 0 Å². The number of benzene rings is 1. The molecule has 0 amide bonds. The first-order valence-electron chi connectivity index (χ1n) is 7.56. The van der Waals surface area contributed by atoms with Gasteiger partial charge in [0.25, 0.3) is 5.89 Å². The summed E-state index contributed by atoms with van der Waals surface area (Å²) >= 11 is 3.45. The molecule has 0 saturated heterocycles. The molecule has 2 unspecified atom stereocenters. The summed E-state index contributed by atoms with van der Waals surface area (Å²) in [5.74, 6) is 2.57. The van der Waals surface area contributed by atoms with Crippen molar-refractivity contribution >= 4 is 21.6 Å². The highest BCUT2D eigenvalue weighted by molar-refractivity contribution is 9.10. The van der Waals surface area contributed by atoms with E-state index in [1.807, 2.05) is 18.2 Å². The van der Waals surface area contributed by atoms with E-state index in [0.717, 1.165) is 28.2 Å². The molecule has 0 spiro atoms. The topological polar surface area (TPSA) is 64.9 Å². The zero-order valence-corrected chi connectivity index (χ0v) is 13.8. The van der Waals surface area contributed by atoms with Crippen molar-refractivity contribution in [2.75, 3.05) is 5.73 Å². The van der Waals surface area contributed by atoms with Crippen molar-refractivity contribution in [3.63, 3.8) is 0 Å². The minimum atomic E-state index is 0.426. The van der Waals surface area contributed by atoms with Crippen LogP contribution in [0.25, 0.3) is 11.5 Å². The Kier molecular flexibility index (Phi) is 4.29. The molecule has 1 aromatic heterocycles. The van der Waals surface area contributed by atoms with Crippen LogP contribution in [0.1, 0.15) is 50.8 Å². The second-order valence-electron chi connectivity index (χ2n) is 5.83. The maximum absolute atomic E-state index is 6.00. The van der Waals surface area contributed by atoms with Gasteiger partial charge in [0.15, 0.2) is 5.82 Å². The fourth-order valence-electron chi connectivity index (χ4n) is 3.12. The Morgan fingerprint density at radius 2 is 2.24 bits per heavy atom. The van der Waals surface area contributed by atoms with Crippen molar-refractivity contribution in [3.05, 3.63) is 28.5 Å². The predicted molar refractivity (Wildman–Crippen MR) is 86.8 cm³/mol. The number of nitrogens with two attached hydrogens (primary N) is 1. The lowest BCUT2D eigenvalue weighted by molar-refractivity contribution is 0.300. The molecule has 0 radical (unpaired) electrons. The maximum Gasteiger partial charge on any atom is 0.260 e. The number of hydrogen-bond donors (Lipinski definition) is 1. The van der Waals surface area contributed by atoms with Crippen molar-refractivity contribution in [2.45, 2.75) is 44.9 Å². The predicted octanol–water partition coefficient (Wildman–Crippen LogP) is 4.77. The van der Waals surface area contributed by atoms with Gasteiger partial charge in [-0.25, -0.2) is 0 Å². The van der Waals surface area contributed by atoms with Gasteiger partial charge < -0.3 is 10.3 Å². The van der Waals surface area contributed by atoms with E-state index in [4.69, 9.17) is 10.3 Å². The van der Waals surface area contributed by atoms with E-state index in [9.17, 15) is 0 Å². The monoisotopic (exact) mass is 349 g/mol. The molecular formula is C16H20BrN3O. The summed E-state index contributed by atoms with van der Waals surface area (Å²) in [5.41, 5.74) is 7.46. The van der Waals surface area contributed by atoms with Crippen LogP contribution in [0.2, 0.25) is 0 Å². The number of nitrogen functional groups attached to an aromatic ring is 1. The van der Waals surface area contributed by atoms with E-state index in [-0.39, 0.29) is 0 Å². The molecule has 3 rings (SSSR count). The average Bonchev–Trinajstić information content (AvgIpc) is 2.99. The van der Waals surface area contributed by atoms with Gasteiger partial charge in [-0.15, -0.1) is 0 Å². The Bertz CT molecular complexity index is 626. The minimum Gasteiger partial charge on any atom is -0.398 e. The van der Waals surface area contributed by atoms with Crippen LogP contribution in [-0.4, -0.2) is 10.1 Å². The molecule has 0 aliphatic heterocycles. The van der Waals surface area contributed by atoms with Crippen LogP contribution in [0.4, 0.5) is 5.69 Å². The summed E-state index contributed by atoms with van der Waals surface area (Å²) in [7, 11) is 0. The van der Waals surface area contributed by atoms with Crippen molar-refractivity contribution < 1.29 is 4.52 Å². The van der Waals surface area contributed by atoms with Gasteiger partial charge in [-0.05, 0) is 37.0 Å². The number of anilines is 1. The van der Waals surface area contributed by atoms with Crippen molar-refractivity contribution in [2.24, 2.45) is 5.92 Å². The summed E-state index contributed by atoms with van der Waals surface area (Å²) < 4.78 is 6.40. The fourth-order valence-corrected chi connectivity index (χ4v) is 3.48. The second kappa shape index (κ2) is 6.18. The van der Waals surface area contributed by atoms with E-state index >= 15 is 0 Å². The standard InChI is InChI=1S/C16H20BrN3O/c1-2-10-4-3-5-11(8-10)15-19-16(21-20-15)13-9-12(17)6-7-14(13)18/h6-7,9-11H,2-5,8,18H2,1H3. The SMILES string of the molecule is CCC1CCCC(c2noc(-c3cc(Br)ccc3N)n2)C1. The summed E-state index contributed by atoms with van der Waals surface area (Å²) in [6, 6.07) is 5.67. The third-order valence-electron chi connectivity index (χ3n) is 4.41. The highest BCUT2D eigenvalue weighted by Gasteiger charge is 2.26. The first kappa shape index (κ1) is 14.6. The number of aromatic nitrogens is 2. The lowest BCUT2D eigenvalue weighted by Crippen LogP contribution is -2.14. The van der Waals surface area contributed by atoms with E-state index in [0.29, 0.717) is 17.5 Å². The Labute approximate surface area is 133 Å². The van der Waals surface area contributed by atoms with Crippen molar-refractivity contribution in [1.29, 1.82) is 0 Å². The van der Waals surface area contributed by atoms with Crippen LogP contribution in [-0.2, 0) is 0 Å². The lowest BCUT2D eigenvalue weighted by atomic mass is 9.80. The largest absolute Gasteiger partial charge is 0.398 e. The summed E-state index contributed by atoms with van der Waals surface area (Å²) in [5, 5.41) is 4.20. The van der Waals surface area contributed by atoms with Gasteiger partial charge in [-0.1, -0.05) is 47.3 Å². The zero-order valence-electron chi connectivity index (χ0n) is 12.2. The molecule has 1 aliphatic rings. The molecule has 2 atom stereocenters. The van der Waals surface area contributed by atoms with E-state index in [2.05, 4.69) is 33.0 Å². The third kappa shape index (κ3) is 3.12. The van der Waals surface area contributed by atoms with Crippen LogP contribution < -0.4 is 5.73 Å². The summed E-state index contributed by atoms with van der Waals surface area (Å²) in [6.07, 6.45) is 6.15. The van der Waals surface area contributed by atoms with Crippen LogP contribution >= 0.6 is 15.9 Å². The molecule has 4 nitrogen and oxygen atoms in total. The quantitative estimate of drug-likeness (QED) is 0.810. The first-order valence-corrected chi connectivity index (χ1v) is 8.35. The smallest absolute Gasteiger partial charge is 0.260 e. The maximum atomic E-state index is 6.00. The van der Waals surface area contributed by atoms with Gasteiger partial charge >= 0.3 is 0 Å². The zero-order chi connectivity index (χ0) is 14.8. The van der Waals surface area contributed by atoms with Crippen LogP contribution in [0, 0.1) is 5.92 Å². The van der Waals surface area contributed by atoms with Crippen LogP contribution in [0.3, 0.4) is 0 Å². The van der Waals surface area contributed by atoms with E-state index in [1.165, 1.54) is 25.7 Å². The second-order valence-corrected chi connectivity index (χ2v) is 6.74. The number of hydrogen-bond acceptors (Lipinski definition) is 4. The van der Waals surface area contributed by atoms with Crippen LogP contribution in [0.5, 0.6) is 0 Å². The molecule has 0 bridgehead atoms. The molecule has 112 valence electrons. The molecule has 1 saturated carbocycles. The lowest BCUT2D eigenvalue weighted by Gasteiger charge is -2.26. The molecule has 5 heteroatoms. The molecule has 1 aliphatic carbocycles. The van der Waals surface area contributed by atoms with Gasteiger partial charge in [-0.2, -0.15) is 4.98 Å². The van der Waals surface area contributed by atoms with Gasteiger partial charge in [0.05, 0.1) is 5.56 Å². The molecule has 2 aromatic rings. The fraction of sp³-hybridized carbons (Fsp3) is 0.500. The molecular weight excluding hydrogens is 330 g/mol. The minimum absolute atomic E-state index is 0.426. The summed E-state index contributed by atoms with van der Waals surface area (Å²) in [6.45, 7) is 2.26. The Morgan fingerprint density at radius 3 is 3.05 bits per heavy atom. The van der Waals surface area contributed by atoms with Gasteiger partial charge in [0, 0.05) is 16.1 Å². The van der Waals surface area contributed by atoms with E-state index < -0.39 is 0 Å². The Balaban J connectivity index is 1.84. The van der Waals surface area contributed by atoms with Gasteiger partial charge in [0.1, 0.15) is 0 Å². The third-order valence-corrected chi connectivity index (χ3v) is 4.91. The highest BCUT2D eigenvalue weighted by atomic mass is 79.9. The molecule has 21 heavy (non-hydrogen) atoms. The normalized spacial score (nSPS) is 22.4. The summed E-state index contributed by atoms with van der Waals surface area (Å²) in [4.78, 5) is 4.60. The number of nitrogens with zero attached hydrogens (tertiary/aromatic N) is 2. The average molecular weight is 350 g/mol. The van der Waals surface area contributed by atoms with Gasteiger partial charge in [-0.3, -0.25) is 0 Å². The van der Waals surface area contributed by atoms with Crippen LogP contribution in [0.15, 0.2) is 27.2 Å². The number of halogens is 1. The first-order chi connectivity index (χ1) is 10.2. The number of rotatable bonds is 3. The highest BCUT2D eigenvalue weighted by Crippen LogP contribution is 2.37.